The third-order valence-corrected chi connectivity index (χ3v) is 5.94. The Morgan fingerprint density at radius 1 is 1.16 bits per heavy atom. The van der Waals surface area contributed by atoms with Crippen LogP contribution < -0.4 is 19.7 Å². The van der Waals surface area contributed by atoms with Crippen molar-refractivity contribution in [3.63, 3.8) is 0 Å². The highest BCUT2D eigenvalue weighted by Crippen LogP contribution is 2.34. The Morgan fingerprint density at radius 3 is 2.48 bits per heavy atom. The maximum atomic E-state index is 13.0. The fraction of sp³-hybridized carbons (Fsp3) is 0.190. The van der Waals surface area contributed by atoms with E-state index in [1.54, 1.807) is 12.1 Å². The van der Waals surface area contributed by atoms with Crippen LogP contribution in [0.5, 0.6) is 5.75 Å². The van der Waals surface area contributed by atoms with E-state index in [9.17, 15) is 22.8 Å². The summed E-state index contributed by atoms with van der Waals surface area (Å²) in [5, 5.41) is 2.60. The molecule has 0 unspecified atom stereocenters. The number of hydrogen-bond donors (Lipinski definition) is 2. The van der Waals surface area contributed by atoms with Crippen LogP contribution in [-0.4, -0.2) is 39.8 Å². The average molecular weight is 443 g/mol. The van der Waals surface area contributed by atoms with Gasteiger partial charge >= 0.3 is 0 Å². The summed E-state index contributed by atoms with van der Waals surface area (Å²) in [6.45, 7) is 3.75. The number of carbonyl (C=O) groups is 3. The number of rotatable bonds is 8. The van der Waals surface area contributed by atoms with Crippen LogP contribution >= 0.6 is 0 Å². The number of imide groups is 1. The minimum Gasteiger partial charge on any atom is -0.495 e. The van der Waals surface area contributed by atoms with Crippen LogP contribution in [0.15, 0.2) is 60.0 Å². The summed E-state index contributed by atoms with van der Waals surface area (Å²) in [6, 6.07) is 9.99. The Kier molecular flexibility index (Phi) is 6.40. The Morgan fingerprint density at radius 2 is 1.84 bits per heavy atom. The number of para-hydroxylation sites is 1. The summed E-state index contributed by atoms with van der Waals surface area (Å²) in [6.07, 6.45) is 1.60. The summed E-state index contributed by atoms with van der Waals surface area (Å²) >= 11 is 0. The quantitative estimate of drug-likeness (QED) is 0.476. The van der Waals surface area contributed by atoms with E-state index in [0.717, 1.165) is 4.90 Å². The molecule has 9 nitrogen and oxygen atoms in total. The molecule has 2 aromatic rings. The molecule has 3 amide bonds. The van der Waals surface area contributed by atoms with Gasteiger partial charge in [-0.15, -0.1) is 6.58 Å². The summed E-state index contributed by atoms with van der Waals surface area (Å²) < 4.78 is 33.7. The van der Waals surface area contributed by atoms with Crippen molar-refractivity contribution in [1.82, 2.24) is 5.32 Å². The van der Waals surface area contributed by atoms with Crippen LogP contribution in [0.1, 0.15) is 23.2 Å². The number of sulfonamides is 1. The van der Waals surface area contributed by atoms with E-state index < -0.39 is 27.7 Å². The molecule has 2 aromatic carbocycles. The lowest BCUT2D eigenvalue weighted by Crippen LogP contribution is -2.29. The van der Waals surface area contributed by atoms with Crippen LogP contribution in [0.3, 0.4) is 0 Å². The van der Waals surface area contributed by atoms with Gasteiger partial charge in [0.1, 0.15) is 5.75 Å². The van der Waals surface area contributed by atoms with Crippen LogP contribution in [-0.2, 0) is 19.6 Å². The van der Waals surface area contributed by atoms with Gasteiger partial charge in [0.15, 0.2) is 0 Å². The molecule has 0 bridgehead atoms. The maximum Gasteiger partial charge on any atom is 0.261 e. The Bertz CT molecular complexity index is 1140. The van der Waals surface area contributed by atoms with Crippen LogP contribution in [0.25, 0.3) is 0 Å². The van der Waals surface area contributed by atoms with E-state index in [-0.39, 0.29) is 47.0 Å². The zero-order valence-electron chi connectivity index (χ0n) is 16.8. The highest BCUT2D eigenvalue weighted by molar-refractivity contribution is 7.92. The van der Waals surface area contributed by atoms with Gasteiger partial charge in [0.2, 0.25) is 11.8 Å². The number of ether oxygens (including phenoxy) is 1. The summed E-state index contributed by atoms with van der Waals surface area (Å²) in [4.78, 5) is 37.4. The molecule has 0 aromatic heterocycles. The number of methoxy groups -OCH3 is 1. The zero-order chi connectivity index (χ0) is 22.6. The molecule has 0 atom stereocenters. The Balaban J connectivity index is 1.98. The highest BCUT2D eigenvalue weighted by Gasteiger charge is 2.33. The molecule has 162 valence electrons. The molecule has 1 heterocycles. The molecule has 10 heteroatoms. The first-order valence-electron chi connectivity index (χ1n) is 9.33. The minimum absolute atomic E-state index is 0.0460. The SMILES string of the molecule is C=CCNC(=O)c1ccccc1NS(=O)(=O)c1ccc(OC)c(N2C(=O)CCC2=O)c1. The fourth-order valence-corrected chi connectivity index (χ4v) is 4.19. The maximum absolute atomic E-state index is 13.0. The first kappa shape index (κ1) is 22.0. The molecule has 1 fully saturated rings. The second-order valence-electron chi connectivity index (χ2n) is 6.61. The highest BCUT2D eigenvalue weighted by atomic mass is 32.2. The van der Waals surface area contributed by atoms with Crippen molar-refractivity contribution in [3.8, 4) is 5.75 Å². The van der Waals surface area contributed by atoms with E-state index >= 15 is 0 Å². The normalized spacial score (nSPS) is 13.8. The molecule has 0 radical (unpaired) electrons. The third-order valence-electron chi connectivity index (χ3n) is 4.58. The first-order chi connectivity index (χ1) is 14.8. The van der Waals surface area contributed by atoms with Crippen molar-refractivity contribution in [3.05, 3.63) is 60.7 Å². The molecule has 3 rings (SSSR count). The van der Waals surface area contributed by atoms with Gasteiger partial charge in [-0.25, -0.2) is 13.3 Å². The van der Waals surface area contributed by atoms with Crippen molar-refractivity contribution >= 4 is 39.1 Å². The average Bonchev–Trinajstić information content (AvgIpc) is 3.09. The lowest BCUT2D eigenvalue weighted by atomic mass is 10.1. The van der Waals surface area contributed by atoms with Gasteiger partial charge < -0.3 is 10.1 Å². The van der Waals surface area contributed by atoms with Gasteiger partial charge in [-0.05, 0) is 30.3 Å². The lowest BCUT2D eigenvalue weighted by Gasteiger charge is -2.19. The first-order valence-corrected chi connectivity index (χ1v) is 10.8. The van der Waals surface area contributed by atoms with Crippen molar-refractivity contribution in [2.24, 2.45) is 0 Å². The molecule has 1 saturated heterocycles. The molecular formula is C21H21N3O6S. The van der Waals surface area contributed by atoms with Crippen molar-refractivity contribution < 1.29 is 27.5 Å². The number of benzene rings is 2. The molecule has 0 aliphatic carbocycles. The van der Waals surface area contributed by atoms with E-state index in [1.165, 1.54) is 43.5 Å². The summed E-state index contributed by atoms with van der Waals surface area (Å²) in [5.41, 5.74) is 0.260. The zero-order valence-corrected chi connectivity index (χ0v) is 17.6. The Labute approximate surface area is 179 Å². The van der Waals surface area contributed by atoms with Crippen molar-refractivity contribution in [2.75, 3.05) is 23.3 Å². The predicted molar refractivity (Wildman–Crippen MR) is 115 cm³/mol. The Hall–Kier alpha value is -3.66. The van der Waals surface area contributed by atoms with Gasteiger partial charge in [-0.2, -0.15) is 0 Å². The molecular weight excluding hydrogens is 422 g/mol. The molecule has 31 heavy (non-hydrogen) atoms. The number of amides is 3. The topological polar surface area (TPSA) is 122 Å². The van der Waals surface area contributed by atoms with Gasteiger partial charge in [0.05, 0.1) is 28.9 Å². The molecule has 1 aliphatic rings. The van der Waals surface area contributed by atoms with Crippen LogP contribution in [0.2, 0.25) is 0 Å². The predicted octanol–water partition coefficient (Wildman–Crippen LogP) is 2.07. The van der Waals surface area contributed by atoms with Gasteiger partial charge in [-0.3, -0.25) is 19.1 Å². The van der Waals surface area contributed by atoms with Crippen LogP contribution in [0.4, 0.5) is 11.4 Å². The number of carbonyl (C=O) groups excluding carboxylic acids is 3. The fourth-order valence-electron chi connectivity index (χ4n) is 3.09. The lowest BCUT2D eigenvalue weighted by molar-refractivity contribution is -0.121. The largest absolute Gasteiger partial charge is 0.495 e. The minimum atomic E-state index is -4.16. The number of hydrogen-bond acceptors (Lipinski definition) is 6. The third kappa shape index (κ3) is 4.58. The number of anilines is 2. The van der Waals surface area contributed by atoms with Gasteiger partial charge in [-0.1, -0.05) is 18.2 Å². The second-order valence-corrected chi connectivity index (χ2v) is 8.29. The standard InChI is InChI=1S/C21H21N3O6S/c1-3-12-22-21(27)15-6-4-5-7-16(15)23-31(28,29)14-8-9-18(30-2)17(13-14)24-19(25)10-11-20(24)26/h3-9,13,23H,1,10-12H2,2H3,(H,22,27). The monoisotopic (exact) mass is 443 g/mol. The van der Waals surface area contributed by atoms with Gasteiger partial charge in [0, 0.05) is 19.4 Å². The molecule has 0 spiro atoms. The molecule has 0 saturated carbocycles. The van der Waals surface area contributed by atoms with Crippen molar-refractivity contribution in [2.45, 2.75) is 17.7 Å². The number of nitrogens with zero attached hydrogens (tertiary/aromatic N) is 1. The van der Waals surface area contributed by atoms with Gasteiger partial charge in [0.25, 0.3) is 15.9 Å². The van der Waals surface area contributed by atoms with Crippen LogP contribution in [0, 0.1) is 0 Å². The molecule has 2 N–H and O–H groups in total. The van der Waals surface area contributed by atoms with E-state index in [4.69, 9.17) is 4.74 Å². The molecule has 1 aliphatic heterocycles. The van der Waals surface area contributed by atoms with Crippen molar-refractivity contribution in [1.29, 1.82) is 0 Å². The smallest absolute Gasteiger partial charge is 0.261 e. The van der Waals surface area contributed by atoms with E-state index in [1.807, 2.05) is 0 Å². The number of nitrogens with one attached hydrogen (secondary N) is 2. The second kappa shape index (κ2) is 9.00. The van der Waals surface area contributed by atoms with E-state index in [0.29, 0.717) is 0 Å². The van der Waals surface area contributed by atoms with E-state index in [2.05, 4.69) is 16.6 Å². The summed E-state index contributed by atoms with van der Waals surface area (Å²) in [7, 11) is -2.80. The summed E-state index contributed by atoms with van der Waals surface area (Å²) in [5.74, 6) is -1.15.